The van der Waals surface area contributed by atoms with E-state index in [0.717, 1.165) is 22.8 Å². The fourth-order valence-electron chi connectivity index (χ4n) is 4.68. The van der Waals surface area contributed by atoms with Crippen molar-refractivity contribution in [3.05, 3.63) is 70.9 Å². The van der Waals surface area contributed by atoms with Crippen LogP contribution in [0, 0.1) is 19.3 Å². The number of hydrogen-bond donors (Lipinski definition) is 3. The smallest absolute Gasteiger partial charge is 0.394 e. The van der Waals surface area contributed by atoms with Crippen LogP contribution in [0.3, 0.4) is 0 Å². The maximum Gasteiger partial charge on any atom is 0.394 e. The van der Waals surface area contributed by atoms with E-state index < -0.39 is 33.6 Å². The number of nitrogens with two attached hydrogens (primary N) is 1. The number of benzene rings is 2. The molecule has 0 bridgehead atoms. The molecule has 4 N–H and O–H groups in total. The molecule has 0 radical (unpaired) electrons. The number of hydrogen-bond acceptors (Lipinski definition) is 6. The molecule has 0 aliphatic heterocycles. The zero-order chi connectivity index (χ0) is 28.6. The molecular weight excluding hydrogens is 533 g/mol. The van der Waals surface area contributed by atoms with Crippen LogP contribution in [0.15, 0.2) is 53.4 Å². The monoisotopic (exact) mass is 562 g/mol. The zero-order valence-corrected chi connectivity index (χ0v) is 22.2. The van der Waals surface area contributed by atoms with Crippen LogP contribution in [0.5, 0.6) is 0 Å². The minimum absolute atomic E-state index is 0.0728. The van der Waals surface area contributed by atoms with Gasteiger partial charge in [0.05, 0.1) is 21.6 Å². The number of carbonyl (C=O) groups is 1. The first-order valence-corrected chi connectivity index (χ1v) is 13.8. The van der Waals surface area contributed by atoms with Gasteiger partial charge < -0.3 is 10.8 Å². The molecule has 1 aliphatic carbocycles. The Morgan fingerprint density at radius 2 is 1.74 bits per heavy atom. The van der Waals surface area contributed by atoms with E-state index in [9.17, 15) is 31.5 Å². The Hall–Kier alpha value is -3.51. The summed E-state index contributed by atoms with van der Waals surface area (Å²) in [6.45, 7) is 3.76. The van der Waals surface area contributed by atoms with Crippen LogP contribution in [0.2, 0.25) is 0 Å². The molecule has 1 fully saturated rings. The topological polar surface area (TPSA) is 135 Å². The maximum absolute atomic E-state index is 13.4. The van der Waals surface area contributed by atoms with E-state index in [1.54, 1.807) is 6.07 Å². The van der Waals surface area contributed by atoms with Crippen molar-refractivity contribution in [2.75, 3.05) is 4.72 Å². The molecule has 1 aromatic heterocycles. The second-order valence-electron chi connectivity index (χ2n) is 10.1. The third kappa shape index (κ3) is 6.39. The van der Waals surface area contributed by atoms with Gasteiger partial charge in [-0.15, -0.1) is 0 Å². The molecule has 1 heterocycles. The molecule has 1 aliphatic rings. The molecule has 2 aromatic carbocycles. The molecule has 1 saturated carbocycles. The summed E-state index contributed by atoms with van der Waals surface area (Å²) in [6.07, 6.45) is -3.90. The summed E-state index contributed by atoms with van der Waals surface area (Å²) in [6, 6.07) is 11.5. The highest BCUT2D eigenvalue weighted by Gasteiger charge is 2.63. The van der Waals surface area contributed by atoms with Gasteiger partial charge in [0.15, 0.2) is 0 Å². The van der Waals surface area contributed by atoms with Crippen LogP contribution in [0.4, 0.5) is 19.1 Å². The summed E-state index contributed by atoms with van der Waals surface area (Å²) >= 11 is 0. The molecule has 0 saturated heterocycles. The summed E-state index contributed by atoms with van der Waals surface area (Å²) in [5.74, 6) is -1.52. The molecule has 39 heavy (non-hydrogen) atoms. The summed E-state index contributed by atoms with van der Waals surface area (Å²) in [7, 11) is -4.26. The van der Waals surface area contributed by atoms with Crippen LogP contribution in [-0.2, 0) is 16.4 Å². The number of anilines is 1. The van der Waals surface area contributed by atoms with Gasteiger partial charge in [-0.2, -0.15) is 13.2 Å². The van der Waals surface area contributed by atoms with Crippen molar-refractivity contribution in [2.24, 2.45) is 11.1 Å². The highest BCUT2D eigenvalue weighted by atomic mass is 32.2. The number of aryl methyl sites for hydroxylation is 3. The number of carboxylic acids is 1. The lowest BCUT2D eigenvalue weighted by atomic mass is 9.93. The zero-order valence-electron chi connectivity index (χ0n) is 21.4. The minimum atomic E-state index is -4.29. The van der Waals surface area contributed by atoms with Gasteiger partial charge in [-0.1, -0.05) is 24.3 Å². The quantitative estimate of drug-likeness (QED) is 0.307. The van der Waals surface area contributed by atoms with Gasteiger partial charge in [0.25, 0.3) is 10.0 Å². The van der Waals surface area contributed by atoms with Crippen LogP contribution >= 0.6 is 0 Å². The predicted octanol–water partition coefficient (Wildman–Crippen LogP) is 5.25. The number of aromatic carboxylic acids is 1. The second-order valence-corrected chi connectivity index (χ2v) is 11.7. The number of nitrogens with zero attached hydrogens (tertiary/aromatic N) is 2. The fourth-order valence-corrected chi connectivity index (χ4v) is 5.67. The van der Waals surface area contributed by atoms with Crippen LogP contribution in [-0.4, -0.2) is 41.7 Å². The first-order valence-electron chi connectivity index (χ1n) is 12.3. The number of carboxylic acid groups (broad SMARTS) is 1. The lowest BCUT2D eigenvalue weighted by Gasteiger charge is -2.23. The van der Waals surface area contributed by atoms with Crippen molar-refractivity contribution in [3.63, 3.8) is 0 Å². The molecular formula is C27H29F3N4O4S. The van der Waals surface area contributed by atoms with Gasteiger partial charge in [0.1, 0.15) is 0 Å². The number of alkyl halides is 3. The highest BCUT2D eigenvalue weighted by molar-refractivity contribution is 7.92. The Balaban J connectivity index is 1.65. The standard InChI is InChI=1S/C27H29F3N4O4S/c1-16-5-3-6-17(2)23(16)22-14-20(10-9-19(31)15-26(11-12-26)27(28,29)30)32-25(33-22)34-39(37,38)21-8-4-7-18(13-21)24(35)36/h3-8,13-14,19H,9-12,15,31H2,1-2H3,(H,35,36)(H,32,33,34)/t19-/m0/s1. The lowest BCUT2D eigenvalue weighted by molar-refractivity contribution is -0.190. The highest BCUT2D eigenvalue weighted by Crippen LogP contribution is 2.60. The van der Waals surface area contributed by atoms with E-state index in [1.165, 1.54) is 18.2 Å². The van der Waals surface area contributed by atoms with Crippen molar-refractivity contribution < 1.29 is 31.5 Å². The van der Waals surface area contributed by atoms with Gasteiger partial charge in [0.2, 0.25) is 5.95 Å². The average molecular weight is 563 g/mol. The fraction of sp³-hybridized carbons (Fsp3) is 0.370. The Kier molecular flexibility index (Phi) is 7.72. The number of nitrogens with one attached hydrogen (secondary N) is 1. The van der Waals surface area contributed by atoms with Crippen molar-refractivity contribution in [1.29, 1.82) is 0 Å². The van der Waals surface area contributed by atoms with Gasteiger partial charge in [-0.05, 0) is 81.3 Å². The molecule has 0 spiro atoms. The number of rotatable bonds is 10. The van der Waals surface area contributed by atoms with E-state index in [1.807, 2.05) is 32.0 Å². The Morgan fingerprint density at radius 3 is 2.33 bits per heavy atom. The van der Waals surface area contributed by atoms with Crippen molar-refractivity contribution in [3.8, 4) is 11.3 Å². The third-order valence-electron chi connectivity index (χ3n) is 7.01. The largest absolute Gasteiger partial charge is 0.478 e. The summed E-state index contributed by atoms with van der Waals surface area (Å²) < 4.78 is 68.6. The van der Waals surface area contributed by atoms with E-state index in [4.69, 9.17) is 5.73 Å². The number of sulfonamides is 1. The van der Waals surface area contributed by atoms with Gasteiger partial charge >= 0.3 is 12.1 Å². The van der Waals surface area contributed by atoms with E-state index in [2.05, 4.69) is 14.7 Å². The Bertz CT molecular complexity index is 1480. The Labute approximate surface area is 224 Å². The summed E-state index contributed by atoms with van der Waals surface area (Å²) in [5.41, 5.74) is 7.57. The minimum Gasteiger partial charge on any atom is -0.478 e. The third-order valence-corrected chi connectivity index (χ3v) is 8.34. The molecule has 3 aromatic rings. The van der Waals surface area contributed by atoms with Crippen molar-refractivity contribution in [1.82, 2.24) is 9.97 Å². The average Bonchev–Trinajstić information content (AvgIpc) is 3.63. The second kappa shape index (κ2) is 10.6. The number of halogens is 3. The molecule has 208 valence electrons. The van der Waals surface area contributed by atoms with Crippen LogP contribution in [0.1, 0.15) is 52.9 Å². The van der Waals surface area contributed by atoms with E-state index >= 15 is 0 Å². The summed E-state index contributed by atoms with van der Waals surface area (Å²) in [5, 5.41) is 9.23. The van der Waals surface area contributed by atoms with Crippen molar-refractivity contribution in [2.45, 2.75) is 63.1 Å². The van der Waals surface area contributed by atoms with E-state index in [-0.39, 0.29) is 48.5 Å². The maximum atomic E-state index is 13.4. The van der Waals surface area contributed by atoms with Gasteiger partial charge in [-0.3, -0.25) is 0 Å². The summed E-state index contributed by atoms with van der Waals surface area (Å²) in [4.78, 5) is 19.8. The molecule has 12 heteroatoms. The lowest BCUT2D eigenvalue weighted by Crippen LogP contribution is -2.33. The van der Waals surface area contributed by atoms with Crippen LogP contribution < -0.4 is 10.5 Å². The van der Waals surface area contributed by atoms with Crippen LogP contribution in [0.25, 0.3) is 11.3 Å². The Morgan fingerprint density at radius 1 is 1.10 bits per heavy atom. The SMILES string of the molecule is Cc1cccc(C)c1-c1cc(CC[C@H](N)CC2(C(F)(F)F)CC2)nc(NS(=O)(=O)c2cccc(C(=O)O)c2)n1. The molecule has 8 nitrogen and oxygen atoms in total. The first-order chi connectivity index (χ1) is 18.2. The molecule has 0 amide bonds. The molecule has 1 atom stereocenters. The van der Waals surface area contributed by atoms with Crippen molar-refractivity contribution >= 4 is 21.9 Å². The predicted molar refractivity (Wildman–Crippen MR) is 140 cm³/mol. The number of aromatic nitrogens is 2. The molecule has 4 rings (SSSR count). The van der Waals surface area contributed by atoms with E-state index in [0.29, 0.717) is 11.4 Å². The van der Waals surface area contributed by atoms with Gasteiger partial charge in [-0.25, -0.2) is 27.9 Å². The first kappa shape index (κ1) is 28.5. The molecule has 0 unspecified atom stereocenters. The van der Waals surface area contributed by atoms with Gasteiger partial charge in [0, 0.05) is 17.3 Å². The normalized spacial score (nSPS) is 15.5.